The molecule has 28 heteroatoms. The maximum atomic E-state index is 14.9. The summed E-state index contributed by atoms with van der Waals surface area (Å²) in [5.41, 5.74) is 11.7. The number of benzene rings is 2. The number of aliphatic hydroxyl groups excluding tert-OH is 4. The Balaban J connectivity index is 2.27. The number of guanidine groups is 1. The van der Waals surface area contributed by atoms with E-state index in [4.69, 9.17) is 16.2 Å². The fourth-order valence-electron chi connectivity index (χ4n) is 8.03. The van der Waals surface area contributed by atoms with Crippen molar-refractivity contribution in [3.63, 3.8) is 0 Å². The minimum absolute atomic E-state index is 0.00874. The van der Waals surface area contributed by atoms with Crippen molar-refractivity contribution in [2.75, 3.05) is 26.3 Å². The lowest BCUT2D eigenvalue weighted by molar-refractivity contribution is -0.138. The molecule has 1 fully saturated rings. The number of aliphatic hydroxyl groups is 4. The van der Waals surface area contributed by atoms with Crippen LogP contribution in [-0.2, 0) is 54.5 Å². The predicted molar refractivity (Wildman–Crippen MR) is 288 cm³/mol. The molecule has 0 saturated carbocycles. The summed E-state index contributed by atoms with van der Waals surface area (Å²) in [4.78, 5) is 144. The molecule has 0 aliphatic carbocycles. The van der Waals surface area contributed by atoms with E-state index in [-0.39, 0.29) is 49.9 Å². The van der Waals surface area contributed by atoms with Crippen LogP contribution in [0, 0.1) is 17.8 Å². The van der Waals surface area contributed by atoms with E-state index >= 15 is 0 Å². The van der Waals surface area contributed by atoms with Crippen LogP contribution in [0.25, 0.3) is 0 Å². The fourth-order valence-corrected chi connectivity index (χ4v) is 8.03. The first-order chi connectivity index (χ1) is 37.8. The summed E-state index contributed by atoms with van der Waals surface area (Å²) < 4.78 is 5.46. The zero-order valence-corrected chi connectivity index (χ0v) is 45.9. The number of carbonyl (C=O) groups excluding carboxylic acids is 10. The van der Waals surface area contributed by atoms with Gasteiger partial charge in [-0.1, -0.05) is 102 Å². The van der Waals surface area contributed by atoms with Crippen LogP contribution in [0.2, 0.25) is 0 Å². The van der Waals surface area contributed by atoms with Gasteiger partial charge in [-0.2, -0.15) is 0 Å². The Labute approximate surface area is 463 Å². The molecule has 2 unspecified atom stereocenters. The van der Waals surface area contributed by atoms with Crippen LogP contribution in [0.3, 0.4) is 0 Å². The monoisotopic (exact) mass is 1130 g/mol. The van der Waals surface area contributed by atoms with Gasteiger partial charge in [0, 0.05) is 6.54 Å². The van der Waals surface area contributed by atoms with Crippen molar-refractivity contribution < 1.29 is 73.1 Å². The van der Waals surface area contributed by atoms with Gasteiger partial charge in [0.2, 0.25) is 53.2 Å². The topological polar surface area (TPSA) is 446 Å². The molecule has 442 valence electrons. The van der Waals surface area contributed by atoms with Gasteiger partial charge in [0.25, 0.3) is 0 Å². The van der Waals surface area contributed by atoms with Gasteiger partial charge >= 0.3 is 6.09 Å². The number of hydrogen-bond donors (Lipinski definition) is 16. The number of hydrogen-bond acceptors (Lipinski definition) is 16. The average molecular weight is 1130 g/mol. The molecule has 1 aliphatic rings. The van der Waals surface area contributed by atoms with Crippen LogP contribution >= 0.6 is 0 Å². The summed E-state index contributed by atoms with van der Waals surface area (Å²) in [5.74, 6) is -11.8. The molecular weight excluding hydrogens is 1050 g/mol. The van der Waals surface area contributed by atoms with E-state index < -0.39 is 157 Å². The highest BCUT2D eigenvalue weighted by Crippen LogP contribution is 2.20. The zero-order valence-electron chi connectivity index (χ0n) is 45.9. The number of amides is 10. The number of nitrogens with zero attached hydrogens (tertiary/aromatic N) is 1. The van der Waals surface area contributed by atoms with E-state index in [2.05, 4.69) is 58.2 Å². The summed E-state index contributed by atoms with van der Waals surface area (Å²) >= 11 is 0. The Morgan fingerprint density at radius 1 is 0.625 bits per heavy atom. The van der Waals surface area contributed by atoms with Crippen molar-refractivity contribution in [1.29, 1.82) is 0 Å². The molecule has 1 aliphatic heterocycles. The normalized spacial score (nSPS) is 24.6. The molecular formula is C52H79N13O15. The molecule has 80 heavy (non-hydrogen) atoms. The maximum absolute atomic E-state index is 14.9. The lowest BCUT2D eigenvalue weighted by Crippen LogP contribution is -2.64. The quantitative estimate of drug-likeness (QED) is 0.0431. The van der Waals surface area contributed by atoms with E-state index in [0.717, 1.165) is 6.92 Å². The van der Waals surface area contributed by atoms with Crippen molar-refractivity contribution in [2.45, 2.75) is 141 Å². The van der Waals surface area contributed by atoms with Crippen molar-refractivity contribution in [2.24, 2.45) is 34.2 Å². The molecule has 0 aromatic heterocycles. The van der Waals surface area contributed by atoms with Crippen molar-refractivity contribution in [3.05, 3.63) is 71.8 Å². The number of rotatable bonds is 16. The fraction of sp³-hybridized carbons (Fsp3) is 0.558. The molecule has 2 aromatic rings. The van der Waals surface area contributed by atoms with Crippen molar-refractivity contribution in [3.8, 4) is 0 Å². The Bertz CT molecular complexity index is 2440. The van der Waals surface area contributed by atoms with Crippen molar-refractivity contribution in [1.82, 2.24) is 53.2 Å². The highest BCUT2D eigenvalue weighted by Gasteiger charge is 2.41. The molecule has 18 N–H and O–H groups in total. The molecule has 1 heterocycles. The van der Waals surface area contributed by atoms with E-state index in [1.165, 1.54) is 38.1 Å². The van der Waals surface area contributed by atoms with Crippen LogP contribution in [0.5, 0.6) is 0 Å². The number of nitrogens with one attached hydrogen (secondary N) is 10. The third kappa shape index (κ3) is 21.4. The smallest absolute Gasteiger partial charge is 0.408 e. The molecule has 2 aromatic carbocycles. The van der Waals surface area contributed by atoms with Gasteiger partial charge in [0.05, 0.1) is 38.0 Å². The second kappa shape index (κ2) is 32.8. The summed E-state index contributed by atoms with van der Waals surface area (Å²) in [6.45, 7) is 7.35. The first-order valence-electron chi connectivity index (χ1n) is 26.1. The summed E-state index contributed by atoms with van der Waals surface area (Å²) in [5, 5.41) is 67.1. The third-order valence-corrected chi connectivity index (χ3v) is 12.5. The number of nitrogens with two attached hydrogens (primary N) is 2. The van der Waals surface area contributed by atoms with Gasteiger partial charge in [0.1, 0.15) is 54.9 Å². The summed E-state index contributed by atoms with van der Waals surface area (Å²) in [7, 11) is 0. The van der Waals surface area contributed by atoms with E-state index in [0.29, 0.717) is 5.56 Å². The molecule has 28 nitrogen and oxygen atoms in total. The van der Waals surface area contributed by atoms with Crippen LogP contribution in [-0.4, -0.2) is 172 Å². The molecule has 0 radical (unpaired) electrons. The second-order valence-electron chi connectivity index (χ2n) is 20.2. The predicted octanol–water partition coefficient (Wildman–Crippen LogP) is -4.20. The number of carbonyl (C=O) groups is 10. The maximum Gasteiger partial charge on any atom is 0.408 e. The molecule has 3 rings (SSSR count). The molecule has 0 bridgehead atoms. The Kier molecular flexibility index (Phi) is 27.2. The third-order valence-electron chi connectivity index (χ3n) is 12.5. The highest BCUT2D eigenvalue weighted by molar-refractivity contribution is 5.99. The van der Waals surface area contributed by atoms with E-state index in [9.17, 15) is 68.4 Å². The molecule has 10 amide bonds. The standard InChI is InChI=1S/C52H79N13O15/c1-26(2)21-33-44(72)58-32(19-14-20-55-51(53)54)43(71)61-37(27(3)4)48(76)62-38(29(7)68)47(75)56-22-36(69)57-34(23-66)45(73)60-35(24-67)46(74)63-39(31-17-12-9-13-18-31)40(65-52(79)80-25-30-15-10-8-11-16-30)49(77)64-41(50(78)59-33)42(70)28(5)6/h8-13,15-18,26-29,32-35,37-42,66-68,70H,14,19-25H2,1-7H3,(H,56,75)(H,57,69)(H,58,72)(H,59,78)(H,60,73)(H,61,71)(H,62,76)(H,63,74)(H,64,77)(H,65,79)(H4,53,54,55)/t29?,32-,33+,34+,35?,37+,38+,39-,40+,41+,42-/m1/s1. The highest BCUT2D eigenvalue weighted by atomic mass is 16.5. The van der Waals surface area contributed by atoms with Crippen molar-refractivity contribution >= 4 is 65.2 Å². The minimum Gasteiger partial charge on any atom is -0.445 e. The number of ether oxygens (including phenoxy) is 1. The zero-order chi connectivity index (χ0) is 59.8. The van der Waals surface area contributed by atoms with Crippen LogP contribution in [0.4, 0.5) is 4.79 Å². The Morgan fingerprint density at radius 3 is 1.70 bits per heavy atom. The minimum atomic E-state index is -1.96. The van der Waals surface area contributed by atoms with Gasteiger partial charge < -0.3 is 89.8 Å². The Morgan fingerprint density at radius 2 is 1.14 bits per heavy atom. The van der Waals surface area contributed by atoms with E-state index in [1.807, 2.05) is 0 Å². The van der Waals surface area contributed by atoms with Gasteiger partial charge in [-0.05, 0) is 55.1 Å². The van der Waals surface area contributed by atoms with Gasteiger partial charge in [-0.3, -0.25) is 48.1 Å². The summed E-state index contributed by atoms with van der Waals surface area (Å²) in [6, 6.07) is 0.591. The lowest BCUT2D eigenvalue weighted by atomic mass is 9.95. The molecule has 0 spiro atoms. The largest absolute Gasteiger partial charge is 0.445 e. The van der Waals surface area contributed by atoms with E-state index in [1.54, 1.807) is 64.1 Å². The number of alkyl carbamates (subject to hydrolysis) is 1. The average Bonchev–Trinajstić information content (AvgIpc) is 3.41. The van der Waals surface area contributed by atoms with Gasteiger partial charge in [-0.25, -0.2) is 4.79 Å². The van der Waals surface area contributed by atoms with Crippen LogP contribution < -0.4 is 64.6 Å². The SMILES string of the molecule is CC(C)C[C@@H]1NC(=O)[C@H]([C@H](O)C(C)C)NC(=O)[C@@H](NC(=O)OCc2ccccc2)[C@@H](c2ccccc2)NC(=O)C(CO)NC(=O)[C@H](CO)NC(=O)CNC(=O)[C@H](C(C)O)NC(=O)[C@H](C(C)C)NC(=O)[C@@H](CCCN=C(N)N)NC1=O. The molecule has 1 saturated heterocycles. The first kappa shape index (κ1) is 66.3. The summed E-state index contributed by atoms with van der Waals surface area (Å²) in [6.07, 6.45) is -4.66. The first-order valence-corrected chi connectivity index (χ1v) is 26.1. The van der Waals surface area contributed by atoms with Gasteiger partial charge in [0.15, 0.2) is 5.96 Å². The van der Waals surface area contributed by atoms with Crippen LogP contribution in [0.1, 0.15) is 84.9 Å². The molecule has 11 atom stereocenters. The Hall–Kier alpha value is -7.95. The van der Waals surface area contributed by atoms with Crippen LogP contribution in [0.15, 0.2) is 65.7 Å². The lowest BCUT2D eigenvalue weighted by Gasteiger charge is -2.33. The number of aliphatic imine (C=N–C) groups is 1. The van der Waals surface area contributed by atoms with Gasteiger partial charge in [-0.15, -0.1) is 0 Å². The second-order valence-corrected chi connectivity index (χ2v) is 20.2.